The number of likely N-dealkylation sites (N-methyl/N-ethyl adjacent to an activating group) is 1. The zero-order valence-electron chi connectivity index (χ0n) is 17.2. The Morgan fingerprint density at radius 3 is 2.50 bits per heavy atom. The zero-order valence-corrected chi connectivity index (χ0v) is 18.0. The van der Waals surface area contributed by atoms with Gasteiger partial charge in [0.15, 0.2) is 0 Å². The zero-order chi connectivity index (χ0) is 23.5. The maximum absolute atomic E-state index is 12.9. The van der Waals surface area contributed by atoms with Gasteiger partial charge < -0.3 is 20.3 Å². The molecule has 32 heavy (non-hydrogen) atoms. The molecule has 0 aliphatic carbocycles. The number of ether oxygens (including phenoxy) is 1. The number of carbonyl (C=O) groups excluding carboxylic acids is 3. The van der Waals surface area contributed by atoms with E-state index < -0.39 is 34.7 Å². The average Bonchev–Trinajstić information content (AvgIpc) is 2.73. The molecule has 0 radical (unpaired) electrons. The van der Waals surface area contributed by atoms with Crippen molar-refractivity contribution in [1.82, 2.24) is 4.90 Å². The highest BCUT2D eigenvalue weighted by Gasteiger charge is 2.34. The first kappa shape index (κ1) is 23.5. The Balaban J connectivity index is 1.56. The highest BCUT2D eigenvalue weighted by molar-refractivity contribution is 8.01. The fourth-order valence-electron chi connectivity index (χ4n) is 2.95. The summed E-state index contributed by atoms with van der Waals surface area (Å²) in [5.41, 5.74) is -0.270. The van der Waals surface area contributed by atoms with Gasteiger partial charge in [-0.05, 0) is 42.5 Å². The predicted molar refractivity (Wildman–Crippen MR) is 114 cm³/mol. The molecule has 1 heterocycles. The second-order valence-electron chi connectivity index (χ2n) is 7.04. The number of anilines is 2. The molecule has 1 unspecified atom stereocenters. The molecule has 0 saturated heterocycles. The second-order valence-corrected chi connectivity index (χ2v) is 8.28. The van der Waals surface area contributed by atoms with Gasteiger partial charge in [-0.3, -0.25) is 14.4 Å². The molecular formula is C21H20F3N3O4S. The Morgan fingerprint density at radius 2 is 1.88 bits per heavy atom. The van der Waals surface area contributed by atoms with Crippen LogP contribution in [-0.2, 0) is 20.6 Å². The van der Waals surface area contributed by atoms with Gasteiger partial charge in [0, 0.05) is 24.1 Å². The summed E-state index contributed by atoms with van der Waals surface area (Å²) in [5.74, 6) is -0.796. The van der Waals surface area contributed by atoms with Gasteiger partial charge in [0.1, 0.15) is 5.75 Å². The summed E-state index contributed by atoms with van der Waals surface area (Å²) in [5, 5.41) is 4.27. The number of nitrogens with one attached hydrogen (secondary N) is 2. The molecule has 170 valence electrons. The Hall–Kier alpha value is -3.21. The molecule has 1 atom stereocenters. The molecule has 1 aliphatic heterocycles. The van der Waals surface area contributed by atoms with Crippen molar-refractivity contribution >= 4 is 40.9 Å². The van der Waals surface area contributed by atoms with Gasteiger partial charge in [-0.2, -0.15) is 13.2 Å². The molecule has 0 aromatic heterocycles. The van der Waals surface area contributed by atoms with Crippen LogP contribution >= 0.6 is 11.8 Å². The van der Waals surface area contributed by atoms with Gasteiger partial charge in [0.2, 0.25) is 17.7 Å². The first-order valence-corrected chi connectivity index (χ1v) is 10.3. The lowest BCUT2D eigenvalue weighted by Crippen LogP contribution is -2.39. The molecule has 0 bridgehead atoms. The highest BCUT2D eigenvalue weighted by Crippen LogP contribution is 2.40. The van der Waals surface area contributed by atoms with Crippen molar-refractivity contribution in [2.45, 2.75) is 22.7 Å². The summed E-state index contributed by atoms with van der Waals surface area (Å²) in [7, 11) is 2.96. The predicted octanol–water partition coefficient (Wildman–Crippen LogP) is 3.61. The monoisotopic (exact) mass is 467 g/mol. The number of hydrogen-bond donors (Lipinski definition) is 2. The fourth-order valence-corrected chi connectivity index (χ4v) is 4.04. The van der Waals surface area contributed by atoms with Crippen molar-refractivity contribution in [3.8, 4) is 5.75 Å². The molecule has 0 fully saturated rings. The summed E-state index contributed by atoms with van der Waals surface area (Å²) in [4.78, 5) is 38.7. The topological polar surface area (TPSA) is 87.7 Å². The molecule has 11 heteroatoms. The first-order valence-electron chi connectivity index (χ1n) is 9.43. The average molecular weight is 467 g/mol. The highest BCUT2D eigenvalue weighted by atomic mass is 32.2. The van der Waals surface area contributed by atoms with Gasteiger partial charge >= 0.3 is 6.18 Å². The Morgan fingerprint density at radius 1 is 1.19 bits per heavy atom. The van der Waals surface area contributed by atoms with Crippen LogP contribution in [0.1, 0.15) is 12.0 Å². The van der Waals surface area contributed by atoms with Crippen LogP contribution in [0.4, 0.5) is 24.5 Å². The minimum absolute atomic E-state index is 0.0609. The van der Waals surface area contributed by atoms with Gasteiger partial charge in [-0.25, -0.2) is 0 Å². The van der Waals surface area contributed by atoms with E-state index in [2.05, 4.69) is 10.6 Å². The van der Waals surface area contributed by atoms with E-state index in [1.807, 2.05) is 0 Å². The number of alkyl halides is 3. The molecule has 2 aromatic carbocycles. The number of hydrogen-bond acceptors (Lipinski definition) is 5. The molecule has 2 N–H and O–H groups in total. The number of thioether (sulfide) groups is 1. The van der Waals surface area contributed by atoms with Crippen molar-refractivity contribution in [3.63, 3.8) is 0 Å². The Kier molecular flexibility index (Phi) is 6.97. The summed E-state index contributed by atoms with van der Waals surface area (Å²) in [6.45, 7) is -0.227. The number of benzene rings is 2. The van der Waals surface area contributed by atoms with E-state index in [1.165, 1.54) is 25.1 Å². The third-order valence-electron chi connectivity index (χ3n) is 4.67. The first-order chi connectivity index (χ1) is 15.1. The van der Waals surface area contributed by atoms with E-state index in [-0.39, 0.29) is 18.7 Å². The number of carbonyl (C=O) groups is 3. The van der Waals surface area contributed by atoms with Crippen molar-refractivity contribution < 1.29 is 32.3 Å². The molecular weight excluding hydrogens is 447 g/mol. The molecule has 0 saturated carbocycles. The minimum Gasteiger partial charge on any atom is -0.497 e. The van der Waals surface area contributed by atoms with Gasteiger partial charge in [0.05, 0.1) is 30.2 Å². The largest absolute Gasteiger partial charge is 0.497 e. The number of nitrogens with zero attached hydrogens (tertiary/aromatic N) is 1. The van der Waals surface area contributed by atoms with E-state index in [0.717, 1.165) is 23.9 Å². The molecule has 0 spiro atoms. The maximum Gasteiger partial charge on any atom is 0.416 e. The van der Waals surface area contributed by atoms with E-state index in [4.69, 9.17) is 4.74 Å². The molecule has 3 amide bonds. The smallest absolute Gasteiger partial charge is 0.416 e. The van der Waals surface area contributed by atoms with Crippen molar-refractivity contribution in [2.75, 3.05) is 31.3 Å². The lowest BCUT2D eigenvalue weighted by atomic mass is 10.1. The lowest BCUT2D eigenvalue weighted by Gasteiger charge is -2.26. The third kappa shape index (κ3) is 5.72. The molecule has 2 aromatic rings. The van der Waals surface area contributed by atoms with Crippen LogP contribution in [0.2, 0.25) is 0 Å². The summed E-state index contributed by atoms with van der Waals surface area (Å²) < 4.78 is 43.6. The SMILES string of the molecule is COc1ccc(NC(=O)CN(C)C(=O)CC2Sc3ccc(C(F)(F)F)cc3NC2=O)cc1. The summed E-state index contributed by atoms with van der Waals surface area (Å²) >= 11 is 1.02. The van der Waals surface area contributed by atoms with Crippen LogP contribution in [0.5, 0.6) is 5.75 Å². The van der Waals surface area contributed by atoms with Crippen LogP contribution < -0.4 is 15.4 Å². The lowest BCUT2D eigenvalue weighted by molar-refractivity contribution is -0.137. The summed E-state index contributed by atoms with van der Waals surface area (Å²) in [6, 6.07) is 9.74. The van der Waals surface area contributed by atoms with E-state index >= 15 is 0 Å². The number of fused-ring (bicyclic) bond motifs is 1. The van der Waals surface area contributed by atoms with Crippen molar-refractivity contribution in [3.05, 3.63) is 48.0 Å². The van der Waals surface area contributed by atoms with Crippen LogP contribution in [-0.4, -0.2) is 48.6 Å². The quantitative estimate of drug-likeness (QED) is 0.678. The van der Waals surface area contributed by atoms with Crippen LogP contribution in [0.15, 0.2) is 47.4 Å². The fraction of sp³-hybridized carbons (Fsp3) is 0.286. The normalized spacial score (nSPS) is 15.4. The minimum atomic E-state index is -4.52. The third-order valence-corrected chi connectivity index (χ3v) is 5.94. The van der Waals surface area contributed by atoms with Crippen LogP contribution in [0.25, 0.3) is 0 Å². The molecule has 3 rings (SSSR count). The number of rotatable bonds is 6. The van der Waals surface area contributed by atoms with Gasteiger partial charge in [0.25, 0.3) is 0 Å². The molecule has 1 aliphatic rings. The van der Waals surface area contributed by atoms with Gasteiger partial charge in [-0.15, -0.1) is 11.8 Å². The Bertz CT molecular complexity index is 1030. The van der Waals surface area contributed by atoms with Crippen molar-refractivity contribution in [2.24, 2.45) is 0 Å². The maximum atomic E-state index is 12.9. The standard InChI is InChI=1S/C21H20F3N3O4S/c1-27(11-18(28)25-13-4-6-14(31-2)7-5-13)19(29)10-17-20(30)26-15-9-12(21(22,23)24)3-8-16(15)32-17/h3-9,17H,10-11H2,1-2H3,(H,25,28)(H,26,30). The Labute approximate surface area is 186 Å². The van der Waals surface area contributed by atoms with E-state index in [1.54, 1.807) is 24.3 Å². The summed E-state index contributed by atoms with van der Waals surface area (Å²) in [6.07, 6.45) is -4.73. The van der Waals surface area contributed by atoms with Crippen molar-refractivity contribution in [1.29, 1.82) is 0 Å². The number of methoxy groups -OCH3 is 1. The second kappa shape index (κ2) is 9.51. The number of amides is 3. The van der Waals surface area contributed by atoms with Gasteiger partial charge in [-0.1, -0.05) is 0 Å². The molecule has 7 nitrogen and oxygen atoms in total. The van der Waals surface area contributed by atoms with Crippen LogP contribution in [0, 0.1) is 0 Å². The number of halogens is 3. The van der Waals surface area contributed by atoms with Crippen LogP contribution in [0.3, 0.4) is 0 Å². The van der Waals surface area contributed by atoms with E-state index in [9.17, 15) is 27.6 Å². The van der Waals surface area contributed by atoms with E-state index in [0.29, 0.717) is 16.3 Å².